The summed E-state index contributed by atoms with van der Waals surface area (Å²) in [5.74, 6) is 0. The van der Waals surface area contributed by atoms with E-state index in [4.69, 9.17) is 0 Å². The van der Waals surface area contributed by atoms with Gasteiger partial charge < -0.3 is 10.4 Å². The van der Waals surface area contributed by atoms with Crippen LogP contribution in [0.15, 0.2) is 18.2 Å². The summed E-state index contributed by atoms with van der Waals surface area (Å²) in [6, 6.07) is 3.22. The number of hydrogen-bond acceptors (Lipinski definition) is 4. The molecule has 1 fully saturated rings. The number of nitrogens with zero attached hydrogens (tertiary/aromatic N) is 1. The summed E-state index contributed by atoms with van der Waals surface area (Å²) in [6.07, 6.45) is -2.81. The maximum absolute atomic E-state index is 13.0. The van der Waals surface area contributed by atoms with E-state index in [1.54, 1.807) is 0 Å². The van der Waals surface area contributed by atoms with E-state index in [9.17, 15) is 24.0 Å². The number of alkyl halides is 2. The highest BCUT2D eigenvalue weighted by molar-refractivity contribution is 5.57. The Balaban J connectivity index is 2.26. The number of non-ortho nitro benzene ring substituents is 1. The summed E-state index contributed by atoms with van der Waals surface area (Å²) < 4.78 is 26.0. The normalized spacial score (nSPS) is 24.3. The number of hydrogen-bond donors (Lipinski definition) is 2. The van der Waals surface area contributed by atoms with Crippen molar-refractivity contribution in [3.63, 3.8) is 0 Å². The van der Waals surface area contributed by atoms with Gasteiger partial charge in [-0.1, -0.05) is 13.8 Å². The lowest BCUT2D eigenvalue weighted by atomic mass is 9.64. The second kappa shape index (κ2) is 4.97. The molecule has 0 bridgehead atoms. The molecule has 2 rings (SSSR count). The quantitative estimate of drug-likeness (QED) is 0.658. The van der Waals surface area contributed by atoms with Gasteiger partial charge in [-0.15, -0.1) is 0 Å². The SMILES string of the molecule is CC1(C)C(O)CC1Nc1ccc([N+](=O)[O-])cc1C(F)F. The Bertz CT molecular complexity index is 534. The van der Waals surface area contributed by atoms with Gasteiger partial charge in [-0.05, 0) is 12.5 Å². The molecule has 5 nitrogen and oxygen atoms in total. The molecule has 0 aliphatic heterocycles. The van der Waals surface area contributed by atoms with Crippen molar-refractivity contribution in [3.8, 4) is 0 Å². The van der Waals surface area contributed by atoms with Gasteiger partial charge >= 0.3 is 0 Å². The predicted molar refractivity (Wildman–Crippen MR) is 69.9 cm³/mol. The summed E-state index contributed by atoms with van der Waals surface area (Å²) in [6.45, 7) is 3.68. The average molecular weight is 286 g/mol. The van der Waals surface area contributed by atoms with Crippen molar-refractivity contribution in [2.75, 3.05) is 5.32 Å². The molecule has 0 radical (unpaired) electrons. The van der Waals surface area contributed by atoms with Crippen LogP contribution < -0.4 is 5.32 Å². The molecule has 7 heteroatoms. The van der Waals surface area contributed by atoms with Crippen LogP contribution in [0.3, 0.4) is 0 Å². The maximum atomic E-state index is 13.0. The van der Waals surface area contributed by atoms with Crippen molar-refractivity contribution in [3.05, 3.63) is 33.9 Å². The molecule has 1 aromatic carbocycles. The van der Waals surface area contributed by atoms with Crippen molar-refractivity contribution >= 4 is 11.4 Å². The molecule has 0 amide bonds. The fourth-order valence-electron chi connectivity index (χ4n) is 2.31. The van der Waals surface area contributed by atoms with Gasteiger partial charge in [0.05, 0.1) is 11.0 Å². The fraction of sp³-hybridized carbons (Fsp3) is 0.538. The van der Waals surface area contributed by atoms with E-state index in [1.165, 1.54) is 12.1 Å². The van der Waals surface area contributed by atoms with Crippen molar-refractivity contribution in [2.45, 2.75) is 38.8 Å². The third kappa shape index (κ3) is 2.45. The monoisotopic (exact) mass is 286 g/mol. The Labute approximate surface area is 114 Å². The standard InChI is InChI=1S/C13H16F2N2O3/c1-13(2)10(6-11(13)18)16-9-4-3-7(17(19)20)5-8(9)12(14)15/h3-5,10-12,16,18H,6H2,1-2H3. The average Bonchev–Trinajstić information content (AvgIpc) is 2.38. The first-order valence-electron chi connectivity index (χ1n) is 6.24. The van der Waals surface area contributed by atoms with Gasteiger partial charge in [-0.2, -0.15) is 0 Å². The molecule has 110 valence electrons. The zero-order valence-electron chi connectivity index (χ0n) is 11.1. The Morgan fingerprint density at radius 2 is 2.15 bits per heavy atom. The zero-order valence-corrected chi connectivity index (χ0v) is 11.1. The van der Waals surface area contributed by atoms with Crippen molar-refractivity contribution in [1.29, 1.82) is 0 Å². The fourth-order valence-corrected chi connectivity index (χ4v) is 2.31. The van der Waals surface area contributed by atoms with E-state index < -0.39 is 28.4 Å². The minimum Gasteiger partial charge on any atom is -0.392 e. The van der Waals surface area contributed by atoms with Gasteiger partial charge in [-0.25, -0.2) is 8.78 Å². The van der Waals surface area contributed by atoms with Crippen molar-refractivity contribution in [2.24, 2.45) is 5.41 Å². The van der Waals surface area contributed by atoms with Gasteiger partial charge in [0, 0.05) is 34.8 Å². The predicted octanol–water partition coefficient (Wildman–Crippen LogP) is 3.10. The summed E-state index contributed by atoms with van der Waals surface area (Å²) in [5.41, 5.74) is -0.994. The number of nitro groups is 1. The molecule has 0 heterocycles. The third-order valence-electron chi connectivity index (χ3n) is 4.03. The Morgan fingerprint density at radius 1 is 1.50 bits per heavy atom. The largest absolute Gasteiger partial charge is 0.392 e. The van der Waals surface area contributed by atoms with E-state index in [2.05, 4.69) is 5.32 Å². The summed E-state index contributed by atoms with van der Waals surface area (Å²) >= 11 is 0. The lowest BCUT2D eigenvalue weighted by molar-refractivity contribution is -0.385. The van der Waals surface area contributed by atoms with Crippen LogP contribution in [0, 0.1) is 15.5 Å². The van der Waals surface area contributed by atoms with Gasteiger partial charge in [0.2, 0.25) is 0 Å². The van der Waals surface area contributed by atoms with Crippen LogP contribution in [0.1, 0.15) is 32.3 Å². The lowest BCUT2D eigenvalue weighted by Gasteiger charge is -2.50. The molecule has 1 aliphatic rings. The molecule has 20 heavy (non-hydrogen) atoms. The first kappa shape index (κ1) is 14.6. The number of nitrogens with one attached hydrogen (secondary N) is 1. The summed E-state index contributed by atoms with van der Waals surface area (Å²) in [7, 11) is 0. The molecule has 2 atom stereocenters. The maximum Gasteiger partial charge on any atom is 0.270 e. The van der Waals surface area contributed by atoms with Crippen molar-refractivity contribution < 1.29 is 18.8 Å². The Morgan fingerprint density at radius 3 is 2.60 bits per heavy atom. The van der Waals surface area contributed by atoms with Crippen LogP contribution in [-0.2, 0) is 0 Å². The smallest absolute Gasteiger partial charge is 0.270 e. The highest BCUT2D eigenvalue weighted by Crippen LogP contribution is 2.43. The highest BCUT2D eigenvalue weighted by atomic mass is 19.3. The number of halogens is 2. The molecule has 2 N–H and O–H groups in total. The van der Waals surface area contributed by atoms with Crippen LogP contribution in [0.4, 0.5) is 20.2 Å². The molecule has 1 aliphatic carbocycles. The molecule has 0 aromatic heterocycles. The number of rotatable bonds is 4. The summed E-state index contributed by atoms with van der Waals surface area (Å²) in [4.78, 5) is 9.93. The lowest BCUT2D eigenvalue weighted by Crippen LogP contribution is -2.57. The molecular formula is C13H16F2N2O3. The van der Waals surface area contributed by atoms with Gasteiger partial charge in [-0.3, -0.25) is 10.1 Å². The van der Waals surface area contributed by atoms with Crippen molar-refractivity contribution in [1.82, 2.24) is 0 Å². The van der Waals surface area contributed by atoms with E-state index in [0.29, 0.717) is 6.42 Å². The van der Waals surface area contributed by atoms with E-state index in [-0.39, 0.29) is 17.4 Å². The molecule has 0 saturated heterocycles. The minimum atomic E-state index is -2.80. The van der Waals surface area contributed by atoms with Crippen LogP contribution in [-0.4, -0.2) is 22.2 Å². The first-order chi connectivity index (χ1) is 9.23. The topological polar surface area (TPSA) is 75.4 Å². The molecule has 2 unspecified atom stereocenters. The second-order valence-electron chi connectivity index (χ2n) is 5.60. The molecular weight excluding hydrogens is 270 g/mol. The number of benzene rings is 1. The van der Waals surface area contributed by atoms with Gasteiger partial charge in [0.25, 0.3) is 12.1 Å². The van der Waals surface area contributed by atoms with Crippen LogP contribution in [0.25, 0.3) is 0 Å². The van der Waals surface area contributed by atoms with Gasteiger partial charge in [0.15, 0.2) is 0 Å². The Kier molecular flexibility index (Phi) is 3.64. The van der Waals surface area contributed by atoms with Crippen LogP contribution in [0.2, 0.25) is 0 Å². The molecule has 1 aromatic rings. The highest BCUT2D eigenvalue weighted by Gasteiger charge is 2.47. The number of anilines is 1. The number of nitro benzene ring substituents is 1. The van der Waals surface area contributed by atoms with E-state index in [1.807, 2.05) is 13.8 Å². The number of aliphatic hydroxyl groups is 1. The van der Waals surface area contributed by atoms with E-state index in [0.717, 1.165) is 6.07 Å². The minimum absolute atomic E-state index is 0.142. The third-order valence-corrected chi connectivity index (χ3v) is 4.03. The Hall–Kier alpha value is -1.76. The van der Waals surface area contributed by atoms with E-state index >= 15 is 0 Å². The van der Waals surface area contributed by atoms with Crippen LogP contribution in [0.5, 0.6) is 0 Å². The first-order valence-corrected chi connectivity index (χ1v) is 6.24. The molecule has 1 saturated carbocycles. The van der Waals surface area contributed by atoms with Crippen LogP contribution >= 0.6 is 0 Å². The zero-order chi connectivity index (χ0) is 15.1. The second-order valence-corrected chi connectivity index (χ2v) is 5.60. The summed E-state index contributed by atoms with van der Waals surface area (Å²) in [5, 5.41) is 23.2. The number of aliphatic hydroxyl groups excluding tert-OH is 1. The van der Waals surface area contributed by atoms with Gasteiger partial charge in [0.1, 0.15) is 0 Å². The molecule has 0 spiro atoms.